The minimum absolute atomic E-state index is 0.621. The molecule has 4 rings (SSSR count). The van der Waals surface area contributed by atoms with Gasteiger partial charge in [0.05, 0.1) is 17.4 Å². The smallest absolute Gasteiger partial charge is 0.129 e. The first-order valence-electron chi connectivity index (χ1n) is 8.45. The van der Waals surface area contributed by atoms with Crippen molar-refractivity contribution in [1.29, 1.82) is 0 Å². The molecule has 0 radical (unpaired) electrons. The van der Waals surface area contributed by atoms with Crippen molar-refractivity contribution in [3.05, 3.63) is 48.8 Å². The normalized spacial score (nSPS) is 15.9. The fourth-order valence-corrected chi connectivity index (χ4v) is 3.56. The molecule has 3 aromatic rings. The third kappa shape index (κ3) is 2.69. The lowest BCUT2D eigenvalue weighted by Crippen LogP contribution is -2.33. The van der Waals surface area contributed by atoms with Crippen LogP contribution in [0.25, 0.3) is 16.8 Å². The van der Waals surface area contributed by atoms with Crippen LogP contribution in [0, 0.1) is 0 Å². The summed E-state index contributed by atoms with van der Waals surface area (Å²) in [6.07, 6.45) is 10.5. The second-order valence-electron chi connectivity index (χ2n) is 6.37. The van der Waals surface area contributed by atoms with Crippen molar-refractivity contribution in [2.24, 2.45) is 0 Å². The van der Waals surface area contributed by atoms with Crippen LogP contribution in [-0.2, 0) is 0 Å². The van der Waals surface area contributed by atoms with Gasteiger partial charge in [0, 0.05) is 24.8 Å². The summed E-state index contributed by atoms with van der Waals surface area (Å²) in [6, 6.07) is 13.0. The van der Waals surface area contributed by atoms with Crippen molar-refractivity contribution in [3.8, 4) is 11.3 Å². The Balaban J connectivity index is 1.68. The Kier molecular flexibility index (Phi) is 3.74. The lowest BCUT2D eigenvalue weighted by atomic mass is 9.94. The Hall–Kier alpha value is -2.36. The Bertz CT molecular complexity index is 802. The standard InChI is InChI=1S/C19H22N4/c1-22(15-8-3-2-4-9-15)19-12-7-10-17(21-19)16-14-20-23-13-6-5-11-18(16)23/h5-7,10-15H,2-4,8-9H2,1H3. The number of aromatic nitrogens is 3. The van der Waals surface area contributed by atoms with Crippen LogP contribution in [-0.4, -0.2) is 27.7 Å². The monoisotopic (exact) mass is 306 g/mol. The molecule has 4 heteroatoms. The number of anilines is 1. The molecule has 0 amide bonds. The van der Waals surface area contributed by atoms with Gasteiger partial charge >= 0.3 is 0 Å². The SMILES string of the molecule is CN(c1cccc(-c2cnn3ccccc23)n1)C1CCCCC1. The topological polar surface area (TPSA) is 33.4 Å². The largest absolute Gasteiger partial charge is 0.357 e. The molecular formula is C19H22N4. The summed E-state index contributed by atoms with van der Waals surface area (Å²) in [5, 5.41) is 4.42. The molecule has 0 N–H and O–H groups in total. The van der Waals surface area contributed by atoms with E-state index in [9.17, 15) is 0 Å². The van der Waals surface area contributed by atoms with Crippen LogP contribution < -0.4 is 4.90 Å². The maximum absolute atomic E-state index is 4.91. The highest BCUT2D eigenvalue weighted by Crippen LogP contribution is 2.28. The minimum atomic E-state index is 0.621. The molecule has 23 heavy (non-hydrogen) atoms. The molecule has 0 aliphatic heterocycles. The molecule has 1 aliphatic carbocycles. The zero-order valence-electron chi connectivity index (χ0n) is 13.5. The molecule has 0 bridgehead atoms. The number of hydrogen-bond donors (Lipinski definition) is 0. The zero-order valence-corrected chi connectivity index (χ0v) is 13.5. The van der Waals surface area contributed by atoms with Gasteiger partial charge in [-0.3, -0.25) is 0 Å². The molecule has 0 unspecified atom stereocenters. The Labute approximate surface area is 136 Å². The third-order valence-corrected chi connectivity index (χ3v) is 4.92. The Morgan fingerprint density at radius 2 is 1.91 bits per heavy atom. The Morgan fingerprint density at radius 3 is 2.78 bits per heavy atom. The molecular weight excluding hydrogens is 284 g/mol. The second kappa shape index (κ2) is 6.03. The van der Waals surface area contributed by atoms with E-state index in [1.54, 1.807) is 0 Å². The Morgan fingerprint density at radius 1 is 1.04 bits per heavy atom. The first-order chi connectivity index (χ1) is 11.3. The van der Waals surface area contributed by atoms with E-state index in [1.807, 2.05) is 29.0 Å². The lowest BCUT2D eigenvalue weighted by Gasteiger charge is -2.32. The van der Waals surface area contributed by atoms with Crippen molar-refractivity contribution in [2.45, 2.75) is 38.1 Å². The van der Waals surface area contributed by atoms with Gasteiger partial charge in [0.2, 0.25) is 0 Å². The van der Waals surface area contributed by atoms with Crippen LogP contribution >= 0.6 is 0 Å². The van der Waals surface area contributed by atoms with Gasteiger partial charge in [0.25, 0.3) is 0 Å². The fourth-order valence-electron chi connectivity index (χ4n) is 3.56. The van der Waals surface area contributed by atoms with Crippen molar-refractivity contribution >= 4 is 11.3 Å². The molecule has 0 atom stereocenters. The van der Waals surface area contributed by atoms with Crippen LogP contribution in [0.1, 0.15) is 32.1 Å². The zero-order chi connectivity index (χ0) is 15.6. The van der Waals surface area contributed by atoms with E-state index in [0.29, 0.717) is 6.04 Å². The number of rotatable bonds is 3. The van der Waals surface area contributed by atoms with E-state index in [0.717, 1.165) is 22.6 Å². The number of nitrogens with zero attached hydrogens (tertiary/aromatic N) is 4. The number of fused-ring (bicyclic) bond motifs is 1. The van der Waals surface area contributed by atoms with E-state index in [2.05, 4.69) is 41.3 Å². The molecule has 1 aliphatic rings. The van der Waals surface area contributed by atoms with Gasteiger partial charge in [0.1, 0.15) is 5.82 Å². The fraction of sp³-hybridized carbons (Fsp3) is 0.368. The number of hydrogen-bond acceptors (Lipinski definition) is 3. The summed E-state index contributed by atoms with van der Waals surface area (Å²) < 4.78 is 1.90. The first kappa shape index (κ1) is 14.2. The van der Waals surface area contributed by atoms with E-state index < -0.39 is 0 Å². The second-order valence-corrected chi connectivity index (χ2v) is 6.37. The van der Waals surface area contributed by atoms with Crippen molar-refractivity contribution in [1.82, 2.24) is 14.6 Å². The van der Waals surface area contributed by atoms with Gasteiger partial charge in [-0.05, 0) is 37.1 Å². The third-order valence-electron chi connectivity index (χ3n) is 4.92. The van der Waals surface area contributed by atoms with E-state index in [1.165, 1.54) is 32.1 Å². The maximum atomic E-state index is 4.91. The summed E-state index contributed by atoms with van der Waals surface area (Å²) >= 11 is 0. The van der Waals surface area contributed by atoms with Gasteiger partial charge in [0.15, 0.2) is 0 Å². The minimum Gasteiger partial charge on any atom is -0.357 e. The van der Waals surface area contributed by atoms with Gasteiger partial charge < -0.3 is 4.90 Å². The maximum Gasteiger partial charge on any atom is 0.129 e. The summed E-state index contributed by atoms with van der Waals surface area (Å²) in [6.45, 7) is 0. The summed E-state index contributed by atoms with van der Waals surface area (Å²) in [4.78, 5) is 7.27. The lowest BCUT2D eigenvalue weighted by molar-refractivity contribution is 0.426. The summed E-state index contributed by atoms with van der Waals surface area (Å²) in [5.41, 5.74) is 3.17. The molecule has 0 aromatic carbocycles. The van der Waals surface area contributed by atoms with Crippen molar-refractivity contribution < 1.29 is 0 Å². The van der Waals surface area contributed by atoms with Crippen LogP contribution in [0.3, 0.4) is 0 Å². The molecule has 0 spiro atoms. The number of pyridine rings is 2. The quantitative estimate of drug-likeness (QED) is 0.728. The van der Waals surface area contributed by atoms with Crippen molar-refractivity contribution in [2.75, 3.05) is 11.9 Å². The van der Waals surface area contributed by atoms with Crippen LogP contribution in [0.15, 0.2) is 48.8 Å². The van der Waals surface area contributed by atoms with Gasteiger partial charge in [-0.1, -0.05) is 31.4 Å². The average Bonchev–Trinajstić information content (AvgIpc) is 3.06. The van der Waals surface area contributed by atoms with Crippen LogP contribution in [0.5, 0.6) is 0 Å². The predicted molar refractivity (Wildman–Crippen MR) is 93.7 cm³/mol. The molecule has 118 valence electrons. The van der Waals surface area contributed by atoms with Crippen molar-refractivity contribution in [3.63, 3.8) is 0 Å². The van der Waals surface area contributed by atoms with Gasteiger partial charge in [-0.15, -0.1) is 0 Å². The molecule has 1 saturated carbocycles. The van der Waals surface area contributed by atoms with Gasteiger partial charge in [-0.25, -0.2) is 9.50 Å². The molecule has 4 nitrogen and oxygen atoms in total. The van der Waals surface area contributed by atoms with E-state index in [-0.39, 0.29) is 0 Å². The highest BCUT2D eigenvalue weighted by Gasteiger charge is 2.19. The molecule has 3 aromatic heterocycles. The predicted octanol–water partition coefficient (Wildman–Crippen LogP) is 4.17. The molecule has 3 heterocycles. The molecule has 0 saturated heterocycles. The average molecular weight is 306 g/mol. The van der Waals surface area contributed by atoms with E-state index in [4.69, 9.17) is 4.98 Å². The van der Waals surface area contributed by atoms with Crippen LogP contribution in [0.4, 0.5) is 5.82 Å². The molecule has 1 fully saturated rings. The van der Waals surface area contributed by atoms with Crippen LogP contribution in [0.2, 0.25) is 0 Å². The first-order valence-corrected chi connectivity index (χ1v) is 8.45. The highest BCUT2D eigenvalue weighted by atomic mass is 15.2. The highest BCUT2D eigenvalue weighted by molar-refractivity contribution is 5.78. The van der Waals surface area contributed by atoms with Gasteiger partial charge in [-0.2, -0.15) is 5.10 Å². The van der Waals surface area contributed by atoms with E-state index >= 15 is 0 Å². The summed E-state index contributed by atoms with van der Waals surface area (Å²) in [7, 11) is 2.18. The summed E-state index contributed by atoms with van der Waals surface area (Å²) in [5.74, 6) is 1.06.